The van der Waals surface area contributed by atoms with Crippen molar-refractivity contribution < 1.29 is 46.3 Å². The maximum Gasteiger partial charge on any atom is 0.418 e. The van der Waals surface area contributed by atoms with Crippen LogP contribution in [0.4, 0.5) is 43.4 Å². The summed E-state index contributed by atoms with van der Waals surface area (Å²) in [5, 5.41) is 23.8. The van der Waals surface area contributed by atoms with Gasteiger partial charge in [0.25, 0.3) is 0 Å². The lowest BCUT2D eigenvalue weighted by Gasteiger charge is -2.34. The van der Waals surface area contributed by atoms with E-state index in [1.807, 2.05) is 0 Å². The molecule has 1 amide bonds. The van der Waals surface area contributed by atoms with Gasteiger partial charge < -0.3 is 20.3 Å². The molecule has 4 N–H and O–H groups in total. The zero-order valence-electron chi connectivity index (χ0n) is 23.3. The van der Waals surface area contributed by atoms with Crippen LogP contribution in [-0.2, 0) is 21.9 Å². The SMILES string of the molecule is CSc1ccc(NC2CCN(C(=O)COC3CCC(Nc4ccc(N(O)O)c(C(F)(F)F)c4)CC3)CC2)cc1C(F)(F)F. The summed E-state index contributed by atoms with van der Waals surface area (Å²) in [5.74, 6) is -0.163. The molecule has 0 spiro atoms. The van der Waals surface area contributed by atoms with Gasteiger partial charge in [-0.15, -0.1) is 17.0 Å². The first-order valence-electron chi connectivity index (χ1n) is 13.8. The fraction of sp³-hybridized carbons (Fsp3) is 0.536. The van der Waals surface area contributed by atoms with Gasteiger partial charge in [-0.05, 0) is 81.2 Å². The molecule has 0 radical (unpaired) electrons. The smallest absolute Gasteiger partial charge is 0.382 e. The summed E-state index contributed by atoms with van der Waals surface area (Å²) in [6.07, 6.45) is -4.19. The molecular weight excluding hydrogens is 602 g/mol. The molecule has 43 heavy (non-hydrogen) atoms. The molecule has 2 aromatic rings. The van der Waals surface area contributed by atoms with Crippen molar-refractivity contribution in [3.63, 3.8) is 0 Å². The molecule has 0 atom stereocenters. The molecule has 238 valence electrons. The first-order valence-corrected chi connectivity index (χ1v) is 15.0. The number of rotatable bonds is 9. The molecule has 4 rings (SSSR count). The van der Waals surface area contributed by atoms with Gasteiger partial charge in [0.1, 0.15) is 12.3 Å². The molecule has 1 heterocycles. The van der Waals surface area contributed by atoms with E-state index in [4.69, 9.17) is 15.2 Å². The van der Waals surface area contributed by atoms with Gasteiger partial charge in [0, 0.05) is 41.4 Å². The van der Waals surface area contributed by atoms with Crippen molar-refractivity contribution in [2.45, 2.75) is 74.0 Å². The molecule has 1 aliphatic carbocycles. The van der Waals surface area contributed by atoms with Crippen LogP contribution >= 0.6 is 11.8 Å². The van der Waals surface area contributed by atoms with Gasteiger partial charge in [-0.2, -0.15) is 26.3 Å². The third-order valence-electron chi connectivity index (χ3n) is 7.73. The highest BCUT2D eigenvalue weighted by Crippen LogP contribution is 2.39. The number of piperidine rings is 1. The monoisotopic (exact) mass is 636 g/mol. The van der Waals surface area contributed by atoms with Gasteiger partial charge in [-0.25, -0.2) is 0 Å². The van der Waals surface area contributed by atoms with Crippen molar-refractivity contribution in [1.29, 1.82) is 0 Å². The van der Waals surface area contributed by atoms with E-state index in [-0.39, 0.29) is 41.3 Å². The Balaban J connectivity index is 1.19. The summed E-state index contributed by atoms with van der Waals surface area (Å²) in [4.78, 5) is 14.6. The minimum absolute atomic E-state index is 0.0661. The molecule has 1 saturated heterocycles. The predicted octanol–water partition coefficient (Wildman–Crippen LogP) is 6.87. The van der Waals surface area contributed by atoms with Crippen LogP contribution in [0.2, 0.25) is 0 Å². The summed E-state index contributed by atoms with van der Waals surface area (Å²) in [7, 11) is 0. The van der Waals surface area contributed by atoms with Crippen molar-refractivity contribution in [3.8, 4) is 0 Å². The second kappa shape index (κ2) is 13.8. The maximum atomic E-state index is 13.4. The van der Waals surface area contributed by atoms with E-state index in [0.717, 1.165) is 30.0 Å². The lowest BCUT2D eigenvalue weighted by Crippen LogP contribution is -2.44. The van der Waals surface area contributed by atoms with Gasteiger partial charge in [0.05, 0.1) is 17.2 Å². The van der Waals surface area contributed by atoms with Gasteiger partial charge in [-0.1, -0.05) is 0 Å². The van der Waals surface area contributed by atoms with Crippen LogP contribution in [0.15, 0.2) is 41.3 Å². The average molecular weight is 637 g/mol. The Morgan fingerprint density at radius 2 is 1.42 bits per heavy atom. The van der Waals surface area contributed by atoms with E-state index in [9.17, 15) is 31.1 Å². The number of nitrogens with zero attached hydrogens (tertiary/aromatic N) is 2. The highest BCUT2D eigenvalue weighted by Gasteiger charge is 2.36. The molecule has 2 fully saturated rings. The fourth-order valence-corrected chi connectivity index (χ4v) is 6.04. The summed E-state index contributed by atoms with van der Waals surface area (Å²) in [5.41, 5.74) is -2.04. The van der Waals surface area contributed by atoms with E-state index >= 15 is 0 Å². The summed E-state index contributed by atoms with van der Waals surface area (Å²) < 4.78 is 85.9. The van der Waals surface area contributed by atoms with Crippen LogP contribution in [0.5, 0.6) is 0 Å². The van der Waals surface area contributed by atoms with E-state index < -0.39 is 34.4 Å². The van der Waals surface area contributed by atoms with Gasteiger partial charge in [0.15, 0.2) is 0 Å². The van der Waals surface area contributed by atoms with Gasteiger partial charge in [0.2, 0.25) is 5.91 Å². The van der Waals surface area contributed by atoms with Crippen molar-refractivity contribution in [2.75, 3.05) is 41.8 Å². The summed E-state index contributed by atoms with van der Waals surface area (Å²) >= 11 is 1.04. The van der Waals surface area contributed by atoms with Crippen molar-refractivity contribution in [1.82, 2.24) is 4.90 Å². The van der Waals surface area contributed by atoms with E-state index in [0.29, 0.717) is 57.3 Å². The molecule has 2 aliphatic rings. The van der Waals surface area contributed by atoms with Crippen molar-refractivity contribution >= 4 is 34.7 Å². The molecule has 0 bridgehead atoms. The quantitative estimate of drug-likeness (QED) is 0.135. The Morgan fingerprint density at radius 1 is 0.884 bits per heavy atom. The molecular formula is C28H34F6N4O4S. The van der Waals surface area contributed by atoms with Crippen LogP contribution in [0.1, 0.15) is 49.7 Å². The molecule has 15 heteroatoms. The number of thioether (sulfide) groups is 1. The number of ether oxygens (including phenoxy) is 1. The Morgan fingerprint density at radius 3 is 1.95 bits per heavy atom. The van der Waals surface area contributed by atoms with Crippen LogP contribution < -0.4 is 15.9 Å². The molecule has 8 nitrogen and oxygen atoms in total. The predicted molar refractivity (Wildman–Crippen MR) is 150 cm³/mol. The van der Waals surface area contributed by atoms with E-state index in [1.54, 1.807) is 17.2 Å². The number of hydrogen-bond acceptors (Lipinski definition) is 8. The number of carbonyl (C=O) groups is 1. The van der Waals surface area contributed by atoms with Gasteiger partial charge in [-0.3, -0.25) is 15.2 Å². The summed E-state index contributed by atoms with van der Waals surface area (Å²) in [6.45, 7) is 0.810. The molecule has 0 aromatic heterocycles. The Bertz CT molecular complexity index is 1250. The number of carbonyl (C=O) groups excluding carboxylic acids is 1. The standard InChI is InChI=1S/C28H34F6N4O4S/c1-43-25-9-5-20(15-23(25)28(32,33)34)36-18-10-12-37(13-11-18)26(39)16-42-21-6-2-17(3-7-21)35-19-4-8-24(38(40)41)22(14-19)27(29,30)31/h4-5,8-9,14-15,17-18,21,35-36,40-41H,2-3,6-7,10-13,16H2,1H3. The lowest BCUT2D eigenvalue weighted by atomic mass is 9.92. The third-order valence-corrected chi connectivity index (χ3v) is 8.52. The number of likely N-dealkylation sites (tertiary alicyclic amines) is 1. The Labute approximate surface area is 249 Å². The van der Waals surface area contributed by atoms with Crippen LogP contribution in [0, 0.1) is 0 Å². The molecule has 0 unspecified atom stereocenters. The summed E-state index contributed by atoms with van der Waals surface area (Å²) in [6, 6.07) is 7.17. The number of halogens is 6. The van der Waals surface area contributed by atoms with Crippen LogP contribution in [-0.4, -0.2) is 65.4 Å². The second-order valence-corrected chi connectivity index (χ2v) is 11.5. The zero-order chi connectivity index (χ0) is 31.4. The third kappa shape index (κ3) is 8.83. The van der Waals surface area contributed by atoms with E-state index in [2.05, 4.69) is 10.6 Å². The van der Waals surface area contributed by atoms with Crippen LogP contribution in [0.3, 0.4) is 0 Å². The number of amides is 1. The molecule has 2 aromatic carbocycles. The maximum absolute atomic E-state index is 13.4. The number of nitrogens with one attached hydrogen (secondary N) is 2. The van der Waals surface area contributed by atoms with Crippen LogP contribution in [0.25, 0.3) is 0 Å². The molecule has 1 aliphatic heterocycles. The van der Waals surface area contributed by atoms with Gasteiger partial charge >= 0.3 is 12.4 Å². The minimum atomic E-state index is -4.78. The van der Waals surface area contributed by atoms with Crippen molar-refractivity contribution in [3.05, 3.63) is 47.5 Å². The number of alkyl halides is 6. The lowest BCUT2D eigenvalue weighted by molar-refractivity contribution is -0.140. The largest absolute Gasteiger partial charge is 0.418 e. The Kier molecular flexibility index (Phi) is 10.6. The highest BCUT2D eigenvalue weighted by atomic mass is 32.2. The average Bonchev–Trinajstić information content (AvgIpc) is 2.96. The molecule has 1 saturated carbocycles. The Hall–Kier alpha value is -2.88. The van der Waals surface area contributed by atoms with Crippen molar-refractivity contribution in [2.24, 2.45) is 0 Å². The normalized spacial score (nSPS) is 20.2. The fourth-order valence-electron chi connectivity index (χ4n) is 5.45. The van der Waals surface area contributed by atoms with E-state index in [1.165, 1.54) is 12.1 Å². The number of benzene rings is 2. The topological polar surface area (TPSA) is 97.3 Å². The number of hydrogen-bond donors (Lipinski definition) is 4. The first-order chi connectivity index (χ1) is 20.2. The first kappa shape index (κ1) is 33.0. The number of anilines is 3. The minimum Gasteiger partial charge on any atom is -0.382 e. The highest BCUT2D eigenvalue weighted by molar-refractivity contribution is 7.98. The zero-order valence-corrected chi connectivity index (χ0v) is 24.2. The second-order valence-electron chi connectivity index (χ2n) is 10.7.